The van der Waals surface area contributed by atoms with Crippen molar-refractivity contribution in [3.63, 3.8) is 0 Å². The highest BCUT2D eigenvalue weighted by Crippen LogP contribution is 2.20. The minimum absolute atomic E-state index is 0.0342. The van der Waals surface area contributed by atoms with E-state index in [9.17, 15) is 4.79 Å². The number of aromatic nitrogens is 1. The molecule has 2 aromatic rings. The number of amides is 1. The fourth-order valence-corrected chi connectivity index (χ4v) is 3.44. The largest absolute Gasteiger partial charge is 0.488 e. The molecule has 5 heteroatoms. The van der Waals surface area contributed by atoms with Gasteiger partial charge in [0.15, 0.2) is 0 Å². The third-order valence-electron chi connectivity index (χ3n) is 4.82. The average molecular weight is 338 g/mol. The highest BCUT2D eigenvalue weighted by atomic mass is 16.5. The van der Waals surface area contributed by atoms with Gasteiger partial charge in [0.25, 0.3) is 5.91 Å². The molecule has 0 spiro atoms. The zero-order chi connectivity index (χ0) is 17.1. The number of nitrogens with zero attached hydrogens (tertiary/aromatic N) is 1. The van der Waals surface area contributed by atoms with Crippen molar-refractivity contribution in [2.24, 2.45) is 0 Å². The Labute approximate surface area is 147 Å². The van der Waals surface area contributed by atoms with Crippen LogP contribution in [0.5, 0.6) is 5.75 Å². The molecule has 0 bridgehead atoms. The minimum Gasteiger partial charge on any atom is -0.488 e. The molecule has 1 amide bonds. The third-order valence-corrected chi connectivity index (χ3v) is 4.82. The molecule has 1 aliphatic heterocycles. The number of ether oxygens (including phenoxy) is 2. The van der Waals surface area contributed by atoms with E-state index in [2.05, 4.69) is 16.4 Å². The van der Waals surface area contributed by atoms with Gasteiger partial charge in [-0.15, -0.1) is 0 Å². The molecule has 1 aromatic heterocycles. The molecule has 25 heavy (non-hydrogen) atoms. The summed E-state index contributed by atoms with van der Waals surface area (Å²) >= 11 is 0. The number of fused-ring (bicyclic) bond motifs is 1. The van der Waals surface area contributed by atoms with Crippen molar-refractivity contribution in [1.29, 1.82) is 0 Å². The summed E-state index contributed by atoms with van der Waals surface area (Å²) in [5.41, 5.74) is 3.05. The Bertz CT molecular complexity index is 739. The van der Waals surface area contributed by atoms with Gasteiger partial charge in [-0.05, 0) is 55.2 Å². The molecule has 0 saturated carbocycles. The second-order valence-corrected chi connectivity index (χ2v) is 6.65. The van der Waals surface area contributed by atoms with E-state index in [1.54, 1.807) is 0 Å². The van der Waals surface area contributed by atoms with Crippen LogP contribution in [0.1, 0.15) is 34.5 Å². The van der Waals surface area contributed by atoms with Crippen LogP contribution >= 0.6 is 0 Å². The molecule has 130 valence electrons. The molecule has 2 heterocycles. The second-order valence-electron chi connectivity index (χ2n) is 6.65. The normalized spacial score (nSPS) is 22.2. The molecule has 4 rings (SSSR count). The topological polar surface area (TPSA) is 60.5 Å². The summed E-state index contributed by atoms with van der Waals surface area (Å²) in [6.07, 6.45) is 5.56. The lowest BCUT2D eigenvalue weighted by Crippen LogP contribution is -2.39. The number of benzene rings is 1. The molecule has 1 fully saturated rings. The molecule has 1 aromatic carbocycles. The van der Waals surface area contributed by atoms with Crippen molar-refractivity contribution in [3.05, 3.63) is 59.4 Å². The first-order valence-corrected chi connectivity index (χ1v) is 8.86. The number of nitrogens with one attached hydrogen (secondary N) is 1. The first-order valence-electron chi connectivity index (χ1n) is 8.86. The van der Waals surface area contributed by atoms with Crippen LogP contribution in [-0.4, -0.2) is 36.3 Å². The number of aryl methyl sites for hydroxylation is 1. The van der Waals surface area contributed by atoms with Gasteiger partial charge in [0.1, 0.15) is 11.9 Å². The summed E-state index contributed by atoms with van der Waals surface area (Å²) in [7, 11) is 0. The van der Waals surface area contributed by atoms with Gasteiger partial charge in [0.05, 0.1) is 13.2 Å². The molecule has 2 atom stereocenters. The fourth-order valence-electron chi connectivity index (χ4n) is 3.44. The lowest BCUT2D eigenvalue weighted by atomic mass is 9.92. The zero-order valence-electron chi connectivity index (χ0n) is 14.1. The first-order chi connectivity index (χ1) is 12.3. The Morgan fingerprint density at radius 2 is 2.08 bits per heavy atom. The van der Waals surface area contributed by atoms with Crippen LogP contribution in [0.15, 0.2) is 42.6 Å². The van der Waals surface area contributed by atoms with Crippen LogP contribution in [0.3, 0.4) is 0 Å². The predicted octanol–water partition coefficient (Wildman–Crippen LogP) is 2.54. The lowest BCUT2D eigenvalue weighted by Gasteiger charge is -2.24. The molecule has 1 aliphatic carbocycles. The molecule has 2 unspecified atom stereocenters. The van der Waals surface area contributed by atoms with E-state index in [1.807, 2.05) is 36.5 Å². The third kappa shape index (κ3) is 3.82. The predicted molar refractivity (Wildman–Crippen MR) is 93.8 cm³/mol. The SMILES string of the molecule is O=C(NC1CCc2ncccc2C1)c1ccc(OC2CCOC2)cc1. The lowest BCUT2D eigenvalue weighted by molar-refractivity contribution is 0.0933. The highest BCUT2D eigenvalue weighted by molar-refractivity contribution is 5.94. The van der Waals surface area contributed by atoms with Crippen LogP contribution in [0.25, 0.3) is 0 Å². The van der Waals surface area contributed by atoms with E-state index in [0.29, 0.717) is 12.2 Å². The zero-order valence-corrected chi connectivity index (χ0v) is 14.1. The molecule has 1 saturated heterocycles. The molecule has 2 aliphatic rings. The number of pyridine rings is 1. The Morgan fingerprint density at radius 3 is 2.88 bits per heavy atom. The van der Waals surface area contributed by atoms with E-state index >= 15 is 0 Å². The van der Waals surface area contributed by atoms with Crippen molar-refractivity contribution in [3.8, 4) is 5.75 Å². The number of carbonyl (C=O) groups is 1. The van der Waals surface area contributed by atoms with E-state index in [-0.39, 0.29) is 18.1 Å². The van der Waals surface area contributed by atoms with Crippen molar-refractivity contribution in [1.82, 2.24) is 10.3 Å². The van der Waals surface area contributed by atoms with Crippen LogP contribution in [0.4, 0.5) is 0 Å². The van der Waals surface area contributed by atoms with Crippen LogP contribution in [0, 0.1) is 0 Å². The Kier molecular flexibility index (Phi) is 4.65. The van der Waals surface area contributed by atoms with E-state index in [0.717, 1.165) is 43.7 Å². The van der Waals surface area contributed by atoms with Crippen molar-refractivity contribution in [2.75, 3.05) is 13.2 Å². The average Bonchev–Trinajstić information content (AvgIpc) is 3.15. The van der Waals surface area contributed by atoms with Gasteiger partial charge < -0.3 is 14.8 Å². The van der Waals surface area contributed by atoms with Gasteiger partial charge in [0, 0.05) is 29.9 Å². The second kappa shape index (κ2) is 7.23. The maximum absolute atomic E-state index is 12.5. The number of carbonyl (C=O) groups excluding carboxylic acids is 1. The van der Waals surface area contributed by atoms with Crippen molar-refractivity contribution < 1.29 is 14.3 Å². The van der Waals surface area contributed by atoms with Crippen molar-refractivity contribution in [2.45, 2.75) is 37.8 Å². The van der Waals surface area contributed by atoms with E-state index in [1.165, 1.54) is 5.56 Å². The van der Waals surface area contributed by atoms with Gasteiger partial charge in [-0.3, -0.25) is 9.78 Å². The van der Waals surface area contributed by atoms with E-state index in [4.69, 9.17) is 9.47 Å². The van der Waals surface area contributed by atoms with E-state index < -0.39 is 0 Å². The molecular weight excluding hydrogens is 316 g/mol. The fraction of sp³-hybridized carbons (Fsp3) is 0.400. The van der Waals surface area contributed by atoms with Crippen LogP contribution in [-0.2, 0) is 17.6 Å². The quantitative estimate of drug-likeness (QED) is 0.931. The monoisotopic (exact) mass is 338 g/mol. The summed E-state index contributed by atoms with van der Waals surface area (Å²) in [6, 6.07) is 11.6. The molecule has 1 N–H and O–H groups in total. The number of rotatable bonds is 4. The smallest absolute Gasteiger partial charge is 0.251 e. The van der Waals surface area contributed by atoms with Crippen LogP contribution < -0.4 is 10.1 Å². The number of hydrogen-bond acceptors (Lipinski definition) is 4. The summed E-state index contributed by atoms with van der Waals surface area (Å²) in [5.74, 6) is 0.748. The first kappa shape index (κ1) is 16.1. The maximum atomic E-state index is 12.5. The van der Waals surface area contributed by atoms with Gasteiger partial charge >= 0.3 is 0 Å². The summed E-state index contributed by atoms with van der Waals surface area (Å²) < 4.78 is 11.1. The number of hydrogen-bond donors (Lipinski definition) is 1. The molecule has 0 radical (unpaired) electrons. The molecular formula is C20H22N2O3. The highest BCUT2D eigenvalue weighted by Gasteiger charge is 2.21. The molecule has 5 nitrogen and oxygen atoms in total. The summed E-state index contributed by atoms with van der Waals surface area (Å²) in [6.45, 7) is 1.39. The Balaban J connectivity index is 1.35. The van der Waals surface area contributed by atoms with Gasteiger partial charge in [-0.1, -0.05) is 6.07 Å². The summed E-state index contributed by atoms with van der Waals surface area (Å²) in [5, 5.41) is 3.14. The van der Waals surface area contributed by atoms with Crippen LogP contribution in [0.2, 0.25) is 0 Å². The van der Waals surface area contributed by atoms with Gasteiger partial charge in [-0.25, -0.2) is 0 Å². The Morgan fingerprint density at radius 1 is 1.20 bits per heavy atom. The summed E-state index contributed by atoms with van der Waals surface area (Å²) in [4.78, 5) is 16.9. The van der Waals surface area contributed by atoms with Gasteiger partial charge in [0.2, 0.25) is 0 Å². The minimum atomic E-state index is -0.0342. The van der Waals surface area contributed by atoms with Gasteiger partial charge in [-0.2, -0.15) is 0 Å². The maximum Gasteiger partial charge on any atom is 0.251 e. The standard InChI is InChI=1S/C20H22N2O3/c23-20(22-16-5-8-19-15(12-16)2-1-10-21-19)14-3-6-17(7-4-14)25-18-9-11-24-13-18/h1-4,6-7,10,16,18H,5,8-9,11-13H2,(H,22,23). The van der Waals surface area contributed by atoms with Crippen molar-refractivity contribution >= 4 is 5.91 Å². The Hall–Kier alpha value is -2.40.